The molecular formula is C23H26N2O3S. The summed E-state index contributed by atoms with van der Waals surface area (Å²) >= 11 is 0. The molecule has 0 saturated heterocycles. The Morgan fingerprint density at radius 3 is 2.34 bits per heavy atom. The third-order valence-electron chi connectivity index (χ3n) is 4.78. The standard InChI is InChI=1S/C23H26N2O3S/c1-3-4-8-18-13-15-20(16-14-18)24-23(26)17-25(29(2,27)28)22-12-7-10-19-9-5-6-11-21(19)22/h5-7,9-16H,3-4,8,17H2,1-2H3,(H,24,26). The van der Waals surface area contributed by atoms with Crippen LogP contribution in [0.5, 0.6) is 0 Å². The van der Waals surface area contributed by atoms with Crippen molar-refractivity contribution in [3.05, 3.63) is 72.3 Å². The van der Waals surface area contributed by atoms with E-state index in [1.54, 1.807) is 12.1 Å². The molecular weight excluding hydrogens is 384 g/mol. The minimum absolute atomic E-state index is 0.287. The Bertz CT molecular complexity index is 1090. The van der Waals surface area contributed by atoms with Gasteiger partial charge in [-0.05, 0) is 42.0 Å². The Hall–Kier alpha value is -2.86. The van der Waals surface area contributed by atoms with Crippen molar-refractivity contribution in [2.45, 2.75) is 26.2 Å². The first kappa shape index (κ1) is 20.9. The third-order valence-corrected chi connectivity index (χ3v) is 5.91. The third kappa shape index (κ3) is 5.35. The Labute approximate surface area is 172 Å². The average molecular weight is 411 g/mol. The fourth-order valence-corrected chi connectivity index (χ4v) is 4.14. The molecule has 5 nitrogen and oxygen atoms in total. The lowest BCUT2D eigenvalue weighted by molar-refractivity contribution is -0.114. The van der Waals surface area contributed by atoms with Gasteiger partial charge >= 0.3 is 0 Å². The highest BCUT2D eigenvalue weighted by molar-refractivity contribution is 7.92. The van der Waals surface area contributed by atoms with E-state index in [0.29, 0.717) is 11.4 Å². The Morgan fingerprint density at radius 2 is 1.66 bits per heavy atom. The molecule has 0 radical (unpaired) electrons. The van der Waals surface area contributed by atoms with E-state index < -0.39 is 10.0 Å². The summed E-state index contributed by atoms with van der Waals surface area (Å²) in [5, 5.41) is 4.50. The van der Waals surface area contributed by atoms with Gasteiger partial charge in [-0.25, -0.2) is 8.42 Å². The van der Waals surface area contributed by atoms with E-state index in [1.807, 2.05) is 54.6 Å². The normalized spacial score (nSPS) is 11.4. The second-order valence-electron chi connectivity index (χ2n) is 7.12. The van der Waals surface area contributed by atoms with E-state index in [2.05, 4.69) is 12.2 Å². The van der Waals surface area contributed by atoms with Gasteiger partial charge in [0.15, 0.2) is 0 Å². The quantitative estimate of drug-likeness (QED) is 0.591. The van der Waals surface area contributed by atoms with Gasteiger partial charge in [-0.1, -0.05) is 61.9 Å². The maximum Gasteiger partial charge on any atom is 0.245 e. The molecule has 0 unspecified atom stereocenters. The molecule has 3 aromatic rings. The molecule has 1 amide bonds. The summed E-state index contributed by atoms with van der Waals surface area (Å²) in [4.78, 5) is 12.6. The van der Waals surface area contributed by atoms with Crippen molar-refractivity contribution in [2.75, 3.05) is 22.4 Å². The summed E-state index contributed by atoms with van der Waals surface area (Å²) < 4.78 is 26.1. The van der Waals surface area contributed by atoms with Gasteiger partial charge in [0.1, 0.15) is 6.54 Å². The van der Waals surface area contributed by atoms with Crippen molar-refractivity contribution in [2.24, 2.45) is 0 Å². The van der Waals surface area contributed by atoms with Crippen LogP contribution in [0.1, 0.15) is 25.3 Å². The number of unbranched alkanes of at least 4 members (excludes halogenated alkanes) is 1. The van der Waals surface area contributed by atoms with Crippen LogP contribution in [0, 0.1) is 0 Å². The number of amides is 1. The van der Waals surface area contributed by atoms with E-state index in [1.165, 1.54) is 5.56 Å². The Kier molecular flexibility index (Phi) is 6.54. The molecule has 0 spiro atoms. The summed E-state index contributed by atoms with van der Waals surface area (Å²) in [7, 11) is -3.64. The monoisotopic (exact) mass is 410 g/mol. The van der Waals surface area contributed by atoms with Crippen molar-refractivity contribution in [3.63, 3.8) is 0 Å². The van der Waals surface area contributed by atoms with E-state index in [4.69, 9.17) is 0 Å². The van der Waals surface area contributed by atoms with Crippen LogP contribution in [0.15, 0.2) is 66.7 Å². The number of aryl methyl sites for hydroxylation is 1. The maximum atomic E-state index is 12.6. The lowest BCUT2D eigenvalue weighted by Crippen LogP contribution is -2.37. The molecule has 0 fully saturated rings. The van der Waals surface area contributed by atoms with Gasteiger partial charge in [-0.2, -0.15) is 0 Å². The highest BCUT2D eigenvalue weighted by atomic mass is 32.2. The lowest BCUT2D eigenvalue weighted by Gasteiger charge is -2.23. The number of sulfonamides is 1. The molecule has 29 heavy (non-hydrogen) atoms. The minimum atomic E-state index is -3.64. The number of nitrogens with one attached hydrogen (secondary N) is 1. The number of rotatable bonds is 8. The van der Waals surface area contributed by atoms with Gasteiger partial charge in [0.25, 0.3) is 0 Å². The minimum Gasteiger partial charge on any atom is -0.325 e. The van der Waals surface area contributed by atoms with Crippen LogP contribution in [-0.4, -0.2) is 27.1 Å². The summed E-state index contributed by atoms with van der Waals surface area (Å²) in [6.45, 7) is 1.86. The SMILES string of the molecule is CCCCc1ccc(NC(=O)CN(c2cccc3ccccc23)S(C)(=O)=O)cc1. The zero-order chi connectivity index (χ0) is 20.9. The van der Waals surface area contributed by atoms with Crippen molar-refractivity contribution in [3.8, 4) is 0 Å². The molecule has 3 aromatic carbocycles. The highest BCUT2D eigenvalue weighted by Gasteiger charge is 2.22. The average Bonchev–Trinajstić information content (AvgIpc) is 2.70. The van der Waals surface area contributed by atoms with Gasteiger partial charge in [0, 0.05) is 11.1 Å². The second-order valence-corrected chi connectivity index (χ2v) is 9.02. The fourth-order valence-electron chi connectivity index (χ4n) is 3.27. The number of hydrogen-bond donors (Lipinski definition) is 1. The van der Waals surface area contributed by atoms with Gasteiger partial charge in [0.2, 0.25) is 15.9 Å². The lowest BCUT2D eigenvalue weighted by atomic mass is 10.1. The maximum absolute atomic E-state index is 12.6. The molecule has 0 aliphatic rings. The molecule has 0 aliphatic carbocycles. The van der Waals surface area contributed by atoms with Crippen LogP contribution in [-0.2, 0) is 21.2 Å². The summed E-state index contributed by atoms with van der Waals surface area (Å²) in [6, 6.07) is 20.6. The number of fused-ring (bicyclic) bond motifs is 1. The first-order valence-electron chi connectivity index (χ1n) is 9.73. The smallest absolute Gasteiger partial charge is 0.245 e. The molecule has 6 heteroatoms. The highest BCUT2D eigenvalue weighted by Crippen LogP contribution is 2.28. The molecule has 0 aliphatic heterocycles. The van der Waals surface area contributed by atoms with Crippen LogP contribution in [0.25, 0.3) is 10.8 Å². The van der Waals surface area contributed by atoms with E-state index in [0.717, 1.165) is 40.6 Å². The van der Waals surface area contributed by atoms with E-state index in [9.17, 15) is 13.2 Å². The zero-order valence-electron chi connectivity index (χ0n) is 16.8. The van der Waals surface area contributed by atoms with Gasteiger partial charge in [0.05, 0.1) is 11.9 Å². The largest absolute Gasteiger partial charge is 0.325 e. The Balaban J connectivity index is 1.80. The number of carbonyl (C=O) groups excluding carboxylic acids is 1. The first-order chi connectivity index (χ1) is 13.9. The van der Waals surface area contributed by atoms with E-state index >= 15 is 0 Å². The summed E-state index contributed by atoms with van der Waals surface area (Å²) in [5.74, 6) is -0.385. The van der Waals surface area contributed by atoms with Crippen molar-refractivity contribution >= 4 is 38.1 Å². The van der Waals surface area contributed by atoms with Crippen molar-refractivity contribution < 1.29 is 13.2 Å². The zero-order valence-corrected chi connectivity index (χ0v) is 17.6. The molecule has 0 saturated carbocycles. The number of carbonyl (C=O) groups is 1. The molecule has 1 N–H and O–H groups in total. The predicted molar refractivity (Wildman–Crippen MR) is 120 cm³/mol. The molecule has 152 valence electrons. The molecule has 0 bridgehead atoms. The number of hydrogen-bond acceptors (Lipinski definition) is 3. The van der Waals surface area contributed by atoms with Gasteiger partial charge < -0.3 is 5.32 Å². The summed E-state index contributed by atoms with van der Waals surface area (Å²) in [6.07, 6.45) is 4.38. The van der Waals surface area contributed by atoms with Crippen LogP contribution in [0.2, 0.25) is 0 Å². The topological polar surface area (TPSA) is 66.5 Å². The Morgan fingerprint density at radius 1 is 0.966 bits per heavy atom. The van der Waals surface area contributed by atoms with E-state index in [-0.39, 0.29) is 12.5 Å². The number of nitrogens with zero attached hydrogens (tertiary/aromatic N) is 1. The van der Waals surface area contributed by atoms with Crippen LogP contribution in [0.3, 0.4) is 0 Å². The van der Waals surface area contributed by atoms with Crippen LogP contribution >= 0.6 is 0 Å². The molecule has 0 atom stereocenters. The summed E-state index contributed by atoms with van der Waals surface area (Å²) in [5.41, 5.74) is 2.37. The van der Waals surface area contributed by atoms with Crippen molar-refractivity contribution in [1.82, 2.24) is 0 Å². The molecule has 0 heterocycles. The fraction of sp³-hybridized carbons (Fsp3) is 0.261. The molecule has 0 aromatic heterocycles. The van der Waals surface area contributed by atoms with Crippen molar-refractivity contribution in [1.29, 1.82) is 0 Å². The first-order valence-corrected chi connectivity index (χ1v) is 11.6. The van der Waals surface area contributed by atoms with Crippen LogP contribution in [0.4, 0.5) is 11.4 Å². The number of anilines is 2. The van der Waals surface area contributed by atoms with Gasteiger partial charge in [-0.15, -0.1) is 0 Å². The number of benzene rings is 3. The molecule has 3 rings (SSSR count). The second kappa shape index (κ2) is 9.09. The van der Waals surface area contributed by atoms with Gasteiger partial charge in [-0.3, -0.25) is 9.10 Å². The predicted octanol–water partition coefficient (Wildman–Crippen LogP) is 4.59. The van der Waals surface area contributed by atoms with Crippen LogP contribution < -0.4 is 9.62 Å².